The van der Waals surface area contributed by atoms with Crippen LogP contribution in [0.3, 0.4) is 0 Å². The zero-order chi connectivity index (χ0) is 30.1. The molecule has 3 rings (SSSR count). The number of nitrogens with zero attached hydrogens (tertiary/aromatic N) is 1. The van der Waals surface area contributed by atoms with E-state index in [9.17, 15) is 0 Å². The van der Waals surface area contributed by atoms with Crippen LogP contribution in [0.25, 0.3) is 0 Å². The first-order chi connectivity index (χ1) is 19.8. The lowest BCUT2D eigenvalue weighted by Crippen LogP contribution is -2.47. The Morgan fingerprint density at radius 3 is 0.976 bits per heavy atom. The highest BCUT2D eigenvalue weighted by molar-refractivity contribution is 6.78. The molecule has 5 heteroatoms. The standard InChI is InChI=1S/C28H36BO3.C8H20N/c1-5-6-19-29(20-23-7-13-26(30-2)14-8-23,21-24-9-15-27(31-3)16-10-24)22-25-11-17-28(32-4)18-12-25;1-5-9(6-2,7-3)8-4/h7-18H,5-6,19-22H2,1-4H3;5-8H2,1-4H3/q-1;+1. The Bertz CT molecular complexity index is 955. The van der Waals surface area contributed by atoms with Crippen LogP contribution in [0.2, 0.25) is 6.32 Å². The minimum absolute atomic E-state index is 0.720. The number of rotatable bonds is 16. The lowest BCUT2D eigenvalue weighted by Gasteiger charge is -2.41. The Morgan fingerprint density at radius 1 is 0.488 bits per heavy atom. The summed E-state index contributed by atoms with van der Waals surface area (Å²) in [6, 6.07) is 25.8. The van der Waals surface area contributed by atoms with Gasteiger partial charge in [0.05, 0.1) is 47.5 Å². The molecule has 0 unspecified atom stereocenters. The molecule has 0 aliphatic rings. The topological polar surface area (TPSA) is 27.7 Å². The number of benzene rings is 3. The molecule has 0 heterocycles. The third-order valence-electron chi connectivity index (χ3n) is 9.34. The Morgan fingerprint density at radius 2 is 0.780 bits per heavy atom. The number of methoxy groups -OCH3 is 3. The molecule has 3 aromatic carbocycles. The normalized spacial score (nSPS) is 11.4. The maximum absolute atomic E-state index is 5.38. The Kier molecular flexibility index (Phi) is 14.9. The van der Waals surface area contributed by atoms with E-state index < -0.39 is 6.15 Å². The molecule has 0 saturated carbocycles. The van der Waals surface area contributed by atoms with Gasteiger partial charge in [0.25, 0.3) is 0 Å². The van der Waals surface area contributed by atoms with Gasteiger partial charge in [0.2, 0.25) is 0 Å². The van der Waals surface area contributed by atoms with Gasteiger partial charge in [0, 0.05) is 6.15 Å². The van der Waals surface area contributed by atoms with Gasteiger partial charge in [-0.2, -0.15) is 25.3 Å². The summed E-state index contributed by atoms with van der Waals surface area (Å²) in [4.78, 5) is 0. The summed E-state index contributed by atoms with van der Waals surface area (Å²) in [6.07, 6.45) is 6.22. The van der Waals surface area contributed by atoms with Crippen molar-refractivity contribution in [3.8, 4) is 17.2 Å². The van der Waals surface area contributed by atoms with Gasteiger partial charge in [-0.1, -0.05) is 72.9 Å². The first kappa shape index (κ1) is 34.3. The average molecular weight is 562 g/mol. The summed E-state index contributed by atoms with van der Waals surface area (Å²) in [5.74, 6) is 2.72. The fourth-order valence-electron chi connectivity index (χ4n) is 6.29. The third kappa shape index (κ3) is 10.8. The predicted molar refractivity (Wildman–Crippen MR) is 178 cm³/mol. The van der Waals surface area contributed by atoms with Crippen molar-refractivity contribution in [2.75, 3.05) is 47.5 Å². The van der Waals surface area contributed by atoms with E-state index in [1.807, 2.05) is 0 Å². The van der Waals surface area contributed by atoms with E-state index in [1.165, 1.54) is 66.5 Å². The molecule has 0 saturated heterocycles. The van der Waals surface area contributed by atoms with Gasteiger partial charge in [0.15, 0.2) is 0 Å². The quantitative estimate of drug-likeness (QED) is 0.130. The molecular weight excluding hydrogens is 505 g/mol. The van der Waals surface area contributed by atoms with Crippen molar-refractivity contribution in [2.45, 2.75) is 72.7 Å². The highest BCUT2D eigenvalue weighted by Gasteiger charge is 2.26. The van der Waals surface area contributed by atoms with E-state index >= 15 is 0 Å². The van der Waals surface area contributed by atoms with Crippen LogP contribution in [-0.4, -0.2) is 58.1 Å². The number of ether oxygens (including phenoxy) is 3. The molecule has 0 amide bonds. The molecule has 0 bridgehead atoms. The molecule has 0 aliphatic carbocycles. The average Bonchev–Trinajstić information content (AvgIpc) is 3.03. The van der Waals surface area contributed by atoms with Gasteiger partial charge in [0.1, 0.15) is 17.2 Å². The van der Waals surface area contributed by atoms with Crippen molar-refractivity contribution < 1.29 is 18.7 Å². The predicted octanol–water partition coefficient (Wildman–Crippen LogP) is 8.49. The Labute approximate surface area is 251 Å². The van der Waals surface area contributed by atoms with Crippen LogP contribution in [0.4, 0.5) is 0 Å². The van der Waals surface area contributed by atoms with E-state index in [0.717, 1.165) is 36.2 Å². The molecule has 0 aliphatic heterocycles. The molecule has 0 radical (unpaired) electrons. The fourth-order valence-corrected chi connectivity index (χ4v) is 6.29. The molecule has 0 aromatic heterocycles. The number of quaternary nitrogens is 1. The summed E-state index contributed by atoms with van der Waals surface area (Å²) in [6.45, 7) is 16.5. The highest BCUT2D eigenvalue weighted by Crippen LogP contribution is 2.30. The smallest absolute Gasteiger partial charge is 0.118 e. The van der Waals surface area contributed by atoms with Crippen LogP contribution in [-0.2, 0) is 19.0 Å². The van der Waals surface area contributed by atoms with Crippen LogP contribution in [0.1, 0.15) is 64.2 Å². The van der Waals surface area contributed by atoms with Crippen LogP contribution in [0.15, 0.2) is 72.8 Å². The van der Waals surface area contributed by atoms with Crippen molar-refractivity contribution in [1.29, 1.82) is 0 Å². The number of hydrogen-bond acceptors (Lipinski definition) is 3. The van der Waals surface area contributed by atoms with Crippen molar-refractivity contribution in [1.82, 2.24) is 0 Å². The summed E-state index contributed by atoms with van der Waals surface area (Å²) < 4.78 is 17.4. The van der Waals surface area contributed by atoms with Crippen molar-refractivity contribution in [3.63, 3.8) is 0 Å². The Balaban J connectivity index is 0.000000564. The lowest BCUT2D eigenvalue weighted by atomic mass is 9.16. The molecular formula is C36H56BNO3. The highest BCUT2D eigenvalue weighted by atomic mass is 16.5. The summed E-state index contributed by atoms with van der Waals surface area (Å²) in [7, 11) is 5.16. The maximum Gasteiger partial charge on any atom is 0.118 e. The molecule has 4 nitrogen and oxygen atoms in total. The second-order valence-electron chi connectivity index (χ2n) is 11.6. The molecule has 0 spiro atoms. The first-order valence-corrected chi connectivity index (χ1v) is 15.8. The zero-order valence-electron chi connectivity index (χ0n) is 27.2. The summed E-state index contributed by atoms with van der Waals surface area (Å²) >= 11 is 0. The van der Waals surface area contributed by atoms with Crippen LogP contribution >= 0.6 is 0 Å². The fraction of sp³-hybridized carbons (Fsp3) is 0.500. The molecule has 41 heavy (non-hydrogen) atoms. The van der Waals surface area contributed by atoms with E-state index in [-0.39, 0.29) is 0 Å². The number of hydrogen-bond donors (Lipinski definition) is 0. The minimum atomic E-state index is -0.720. The molecule has 3 aromatic rings. The first-order valence-electron chi connectivity index (χ1n) is 15.8. The number of unbranched alkanes of at least 4 members (excludes halogenated alkanes) is 1. The van der Waals surface area contributed by atoms with Gasteiger partial charge in [-0.15, -0.1) is 0 Å². The summed E-state index contributed by atoms with van der Waals surface area (Å²) in [5.41, 5.74) is 4.14. The van der Waals surface area contributed by atoms with Gasteiger partial charge in [-0.3, -0.25) is 0 Å². The largest absolute Gasteiger partial charge is 0.497 e. The third-order valence-corrected chi connectivity index (χ3v) is 9.34. The van der Waals surface area contributed by atoms with Crippen LogP contribution in [0.5, 0.6) is 17.2 Å². The van der Waals surface area contributed by atoms with E-state index in [1.54, 1.807) is 21.3 Å². The lowest BCUT2D eigenvalue weighted by molar-refractivity contribution is -0.921. The summed E-state index contributed by atoms with van der Waals surface area (Å²) in [5, 5.41) is 0. The maximum atomic E-state index is 5.38. The van der Waals surface area contributed by atoms with Crippen molar-refractivity contribution >= 4 is 6.15 Å². The van der Waals surface area contributed by atoms with Crippen LogP contribution < -0.4 is 14.2 Å². The van der Waals surface area contributed by atoms with Crippen molar-refractivity contribution in [2.24, 2.45) is 0 Å². The van der Waals surface area contributed by atoms with Gasteiger partial charge < -0.3 is 18.7 Å². The van der Waals surface area contributed by atoms with E-state index in [0.29, 0.717) is 0 Å². The molecule has 0 atom stereocenters. The monoisotopic (exact) mass is 561 g/mol. The van der Waals surface area contributed by atoms with Crippen LogP contribution in [0, 0.1) is 0 Å². The minimum Gasteiger partial charge on any atom is -0.497 e. The SMILES string of the molecule is CCCC[B-](Cc1ccc(OC)cc1)(Cc1ccc(OC)cc1)Cc1ccc(OC)cc1.CC[N+](CC)(CC)CC. The second-order valence-corrected chi connectivity index (χ2v) is 11.6. The van der Waals surface area contributed by atoms with Crippen molar-refractivity contribution in [3.05, 3.63) is 89.5 Å². The van der Waals surface area contributed by atoms with E-state index in [4.69, 9.17) is 14.2 Å². The molecule has 0 N–H and O–H groups in total. The molecule has 226 valence electrons. The van der Waals surface area contributed by atoms with Gasteiger partial charge in [-0.25, -0.2) is 0 Å². The van der Waals surface area contributed by atoms with E-state index in [2.05, 4.69) is 107 Å². The second kappa shape index (κ2) is 17.8. The van der Waals surface area contributed by atoms with Gasteiger partial charge in [-0.05, 0) is 64.1 Å². The molecule has 0 fully saturated rings. The Hall–Kier alpha value is -2.92. The zero-order valence-corrected chi connectivity index (χ0v) is 27.2. The van der Waals surface area contributed by atoms with Gasteiger partial charge >= 0.3 is 0 Å².